The molecule has 0 amide bonds. The van der Waals surface area contributed by atoms with Crippen LogP contribution in [0, 0.1) is 0 Å². The van der Waals surface area contributed by atoms with Gasteiger partial charge in [-0.15, -0.1) is 0 Å². The normalized spacial score (nSPS) is 32.8. The Hall–Kier alpha value is -7.00. The fourth-order valence-electron chi connectivity index (χ4n) is 13.3. The Kier molecular flexibility index (Phi) is 31.7. The van der Waals surface area contributed by atoms with Gasteiger partial charge in [-0.1, -0.05) is 192 Å². The van der Waals surface area contributed by atoms with E-state index in [2.05, 4.69) is 20.1 Å². The van der Waals surface area contributed by atoms with Crippen molar-refractivity contribution < 1.29 is 150 Å². The van der Waals surface area contributed by atoms with Crippen LogP contribution in [0.5, 0.6) is 0 Å². The monoisotopic (exact) mass is 1500 g/mol. The summed E-state index contributed by atoms with van der Waals surface area (Å²) in [6.45, 7) is -3.27. The van der Waals surface area contributed by atoms with Crippen LogP contribution < -0.4 is 40.4 Å². The molecule has 25 atom stereocenters. The Bertz CT molecular complexity index is 3750. The number of carboxylic acids is 1. The van der Waals surface area contributed by atoms with Gasteiger partial charge in [0.25, 0.3) is 0 Å². The molecule has 5 heterocycles. The van der Waals surface area contributed by atoms with E-state index in [4.69, 9.17) is 86.3 Å². The predicted octanol–water partition coefficient (Wildman–Crippen LogP) is 0.621. The topological polar surface area (TPSA) is 439 Å². The maximum atomic E-state index is 14.3. The number of esters is 1. The maximum Gasteiger partial charge on any atom is 1.00 e. The quantitative estimate of drug-likeness (QED) is 0.0106. The molecule has 5 aliphatic rings. The number of ether oxygens (including phenoxy) is 17. The van der Waals surface area contributed by atoms with Crippen molar-refractivity contribution in [2.75, 3.05) is 34.0 Å². The molecule has 11 rings (SSSR count). The number of aliphatic hydroxyl groups is 5. The summed E-state index contributed by atoms with van der Waals surface area (Å²) in [4.78, 5) is 34.4. The van der Waals surface area contributed by atoms with Gasteiger partial charge in [0.2, 0.25) is 0 Å². The molecular formula is C74H86N7NaO25. The predicted molar refractivity (Wildman–Crippen MR) is 364 cm³/mol. The number of azide groups is 2. The van der Waals surface area contributed by atoms with Crippen molar-refractivity contribution in [1.82, 2.24) is 0 Å². The number of methoxy groups -OCH3 is 2. The molecule has 0 aliphatic carbocycles. The average Bonchev–Trinajstić information content (AvgIpc) is 0.763. The van der Waals surface area contributed by atoms with Crippen molar-refractivity contribution in [3.63, 3.8) is 0 Å². The molecule has 0 aromatic heterocycles. The van der Waals surface area contributed by atoms with Crippen LogP contribution in [-0.4, -0.2) is 225 Å². The zero-order valence-corrected chi connectivity index (χ0v) is 60.8. The minimum Gasteiger partial charge on any atom is -0.547 e. The van der Waals surface area contributed by atoms with Gasteiger partial charge >= 0.3 is 35.5 Å². The van der Waals surface area contributed by atoms with Crippen LogP contribution in [0.1, 0.15) is 33.4 Å². The first-order valence-corrected chi connectivity index (χ1v) is 34.4. The van der Waals surface area contributed by atoms with Crippen molar-refractivity contribution >= 4 is 11.9 Å². The summed E-state index contributed by atoms with van der Waals surface area (Å²) in [5, 5.41) is 80.6. The fourth-order valence-corrected chi connectivity index (χ4v) is 13.3. The molecule has 7 N–H and O–H groups in total. The molecule has 10 unspecified atom stereocenters. The van der Waals surface area contributed by atoms with Gasteiger partial charge in [0.1, 0.15) is 110 Å². The van der Waals surface area contributed by atoms with E-state index in [1.807, 2.05) is 48.5 Å². The molecule has 5 saturated heterocycles. The number of carboxylic acid groups (broad SMARTS) is 1. The van der Waals surface area contributed by atoms with E-state index in [9.17, 15) is 51.3 Å². The van der Waals surface area contributed by atoms with Crippen LogP contribution in [0.15, 0.2) is 192 Å². The second kappa shape index (κ2) is 41.2. The van der Waals surface area contributed by atoms with Crippen molar-refractivity contribution in [3.05, 3.63) is 236 Å². The number of rotatable bonds is 34. The molecule has 5 fully saturated rings. The minimum atomic E-state index is -2.23. The van der Waals surface area contributed by atoms with Gasteiger partial charge in [-0.3, -0.25) is 0 Å². The van der Waals surface area contributed by atoms with Crippen molar-refractivity contribution in [2.45, 2.75) is 193 Å². The van der Waals surface area contributed by atoms with Gasteiger partial charge in [-0.05, 0) is 44.4 Å². The van der Waals surface area contributed by atoms with Gasteiger partial charge in [0.05, 0.1) is 78.6 Å². The number of hydrogen-bond donors (Lipinski definition) is 6. The van der Waals surface area contributed by atoms with E-state index in [0.717, 1.165) is 12.7 Å². The van der Waals surface area contributed by atoms with E-state index in [1.54, 1.807) is 133 Å². The standard InChI is InChI=1S/C74H87N7O25.Na/c1-90-69(89)66-63(61(95-39-45-27-15-6-16-28-45)55(86)73(106-66)102-58-50(35-84)99-71(91-2)52(78-80-76)60(58)94-38-44-25-13-5-14-26-44)103-70-51(75)54(85)56(48(33-82)98-70)101-74-67(97-41-47-31-19-8-20-32-47)62(96-40-46-29-17-7-18-30-46)64(65(105-74)68(87)88)104-72-53(79-81-77)59(93-37-43-23-11-4-12-24-43)57(49(34-83)100-72)92-36-42-21-9-3-10-22-42;/h3-32,48-67,70-74,82-86H,33-41,75H2,1-2H3,(H,87,88);/q;+1/p-1/t48?,49?,50?,51?,52?,53?,54-,55?,56-,57-,58-,59+,60+,61-,62-,63-,64+,65?,66?,67?,70+,71+,72-,73-,74-;/m1./s1. The number of nitrogens with two attached hydrogens (primary N) is 1. The summed E-state index contributed by atoms with van der Waals surface area (Å²) >= 11 is 0. The molecule has 32 nitrogen and oxygen atoms in total. The van der Waals surface area contributed by atoms with Gasteiger partial charge in [0, 0.05) is 16.9 Å². The number of hydrogen-bond acceptors (Lipinski definition) is 28. The summed E-state index contributed by atoms with van der Waals surface area (Å²) in [6.07, 6.45) is -36.6. The molecule has 0 radical (unpaired) electrons. The molecule has 568 valence electrons. The smallest absolute Gasteiger partial charge is 0.547 e. The Balaban J connectivity index is 0.0000122. The number of aliphatic hydroxyl groups excluding tert-OH is 5. The van der Waals surface area contributed by atoms with Crippen molar-refractivity contribution in [3.8, 4) is 0 Å². The largest absolute Gasteiger partial charge is 1.00 e. The first-order valence-electron chi connectivity index (χ1n) is 34.4. The number of aliphatic carboxylic acids is 1. The van der Waals surface area contributed by atoms with Gasteiger partial charge in [-0.25, -0.2) is 4.79 Å². The van der Waals surface area contributed by atoms with Gasteiger partial charge < -0.3 is 122 Å². The molecule has 107 heavy (non-hydrogen) atoms. The summed E-state index contributed by atoms with van der Waals surface area (Å²) in [5.41, 5.74) is 31.0. The molecule has 6 aromatic rings. The van der Waals surface area contributed by atoms with E-state index < -0.39 is 185 Å². The molecule has 0 saturated carbocycles. The van der Waals surface area contributed by atoms with Gasteiger partial charge in [-0.2, -0.15) is 0 Å². The third-order valence-corrected chi connectivity index (χ3v) is 18.6. The zero-order chi connectivity index (χ0) is 74.5. The third kappa shape index (κ3) is 20.9. The summed E-state index contributed by atoms with van der Waals surface area (Å²) < 4.78 is 108. The molecule has 0 bridgehead atoms. The Morgan fingerprint density at radius 1 is 0.411 bits per heavy atom. The van der Waals surface area contributed by atoms with Gasteiger partial charge in [0.15, 0.2) is 37.6 Å². The van der Waals surface area contributed by atoms with E-state index in [-0.39, 0.29) is 69.2 Å². The molecular weight excluding hydrogens is 1410 g/mol. The van der Waals surface area contributed by atoms with Crippen LogP contribution >= 0.6 is 0 Å². The number of carbonyl (C=O) groups is 2. The number of nitrogens with zero attached hydrogens (tertiary/aromatic N) is 6. The molecule has 5 aliphatic heterocycles. The van der Waals surface area contributed by atoms with Crippen LogP contribution in [0.3, 0.4) is 0 Å². The Labute approximate surface area is 638 Å². The molecule has 0 spiro atoms. The molecule has 6 aromatic carbocycles. The van der Waals surface area contributed by atoms with Crippen molar-refractivity contribution in [2.24, 2.45) is 16.0 Å². The van der Waals surface area contributed by atoms with Crippen LogP contribution in [0.4, 0.5) is 0 Å². The Morgan fingerprint density at radius 3 is 1.18 bits per heavy atom. The first-order chi connectivity index (χ1) is 51.8. The van der Waals surface area contributed by atoms with Crippen LogP contribution in [-0.2, 0) is 130 Å². The summed E-state index contributed by atoms with van der Waals surface area (Å²) in [6, 6.07) is 48.9. The van der Waals surface area contributed by atoms with Crippen molar-refractivity contribution in [1.29, 1.82) is 0 Å². The second-order valence-electron chi connectivity index (χ2n) is 25.5. The van der Waals surface area contributed by atoms with E-state index in [0.29, 0.717) is 27.8 Å². The first kappa shape index (κ1) is 82.5. The Morgan fingerprint density at radius 2 is 0.748 bits per heavy atom. The maximum absolute atomic E-state index is 14.3. The number of benzene rings is 6. The summed E-state index contributed by atoms with van der Waals surface area (Å²) in [7, 11) is 2.35. The average molecular weight is 1500 g/mol. The van der Waals surface area contributed by atoms with E-state index in [1.165, 1.54) is 7.11 Å². The van der Waals surface area contributed by atoms with Crippen LogP contribution in [0.25, 0.3) is 20.9 Å². The number of carbonyl (C=O) groups excluding carboxylic acids is 2. The SMILES string of the molecule is COC(=O)C1O[C@@H](O[C@@H]2C(CO)O[C@H](OC)C(N=[N+]=[N-])[C@@H]2OCc2ccccc2)C(O)[C@@H](OCc2ccccc2)[C@H]1O[C@@H]1OC(CO)[C@@H](O[C@@H]2OC(C(=O)[O-])[C@@H](O[C@H]3OC(CO)[C@@H](OCc4ccccc4)[C@@H](OCc4ccccc4)C3N=[N+]=[N-])[C@@H](OCc3ccccc3)C2OCc2ccccc2)[C@H](O)C1N.[Na+]. The zero-order valence-electron chi connectivity index (χ0n) is 58.8. The fraction of sp³-hybridized carbons (Fsp3) is 0.486. The third-order valence-electron chi connectivity index (χ3n) is 18.6. The van der Waals surface area contributed by atoms with Crippen LogP contribution in [0.2, 0.25) is 0 Å². The second-order valence-corrected chi connectivity index (χ2v) is 25.5. The minimum absolute atomic E-state index is 0. The summed E-state index contributed by atoms with van der Waals surface area (Å²) in [5.74, 6) is -3.00. The van der Waals surface area contributed by atoms with E-state index >= 15 is 0 Å². The molecule has 33 heteroatoms.